The third-order valence-electron chi connectivity index (χ3n) is 2.87. The van der Waals surface area contributed by atoms with Gasteiger partial charge in [-0.3, -0.25) is 4.79 Å². The van der Waals surface area contributed by atoms with Crippen LogP contribution in [-0.2, 0) is 0 Å². The molecule has 0 aromatic carbocycles. The fourth-order valence-corrected chi connectivity index (χ4v) is 2.71. The number of carbonyl (C=O) groups is 1. The van der Waals surface area contributed by atoms with Crippen molar-refractivity contribution in [3.63, 3.8) is 0 Å². The highest BCUT2D eigenvalue weighted by molar-refractivity contribution is 6.32. The second-order valence-corrected chi connectivity index (χ2v) is 7.89. The fraction of sp³-hybridized carbons (Fsp3) is 0.625. The van der Waals surface area contributed by atoms with Crippen LogP contribution in [0.25, 0.3) is 0 Å². The van der Waals surface area contributed by atoms with Crippen molar-refractivity contribution in [3.05, 3.63) is 23.0 Å². The molecule has 0 fully saturated rings. The first-order chi connectivity index (χ1) is 10.7. The van der Waals surface area contributed by atoms with Crippen LogP contribution in [0.15, 0.2) is 12.3 Å². The van der Waals surface area contributed by atoms with Gasteiger partial charge in [0.15, 0.2) is 6.61 Å². The molecule has 0 spiro atoms. The summed E-state index contributed by atoms with van der Waals surface area (Å²) in [6, 6.07) is 1.11. The Bertz CT molecular complexity index is 596. The SMILES string of the molecule is CC(C)(C)CC(C)(C)NC(=O)c1cc(OCC(F)(F)F)c(Cl)cn1. The summed E-state index contributed by atoms with van der Waals surface area (Å²) in [5, 5.41) is 2.73. The fourth-order valence-electron chi connectivity index (χ4n) is 2.56. The van der Waals surface area contributed by atoms with Gasteiger partial charge in [0.1, 0.15) is 16.5 Å². The van der Waals surface area contributed by atoms with Gasteiger partial charge in [-0.2, -0.15) is 13.2 Å². The minimum Gasteiger partial charge on any atom is -0.482 e. The van der Waals surface area contributed by atoms with E-state index >= 15 is 0 Å². The lowest BCUT2D eigenvalue weighted by atomic mass is 9.82. The van der Waals surface area contributed by atoms with E-state index in [-0.39, 0.29) is 21.9 Å². The van der Waals surface area contributed by atoms with Gasteiger partial charge in [-0.05, 0) is 25.7 Å². The minimum absolute atomic E-state index is 0.00875. The van der Waals surface area contributed by atoms with Gasteiger partial charge in [0.25, 0.3) is 5.91 Å². The van der Waals surface area contributed by atoms with E-state index in [0.717, 1.165) is 12.3 Å². The number of amides is 1. The lowest BCUT2D eigenvalue weighted by Gasteiger charge is -2.33. The first kappa shape index (κ1) is 20.5. The zero-order valence-corrected chi connectivity index (χ0v) is 15.1. The van der Waals surface area contributed by atoms with Gasteiger partial charge in [-0.15, -0.1) is 0 Å². The summed E-state index contributed by atoms with van der Waals surface area (Å²) in [6.07, 6.45) is -2.70. The largest absolute Gasteiger partial charge is 0.482 e. The number of rotatable bonds is 5. The van der Waals surface area contributed by atoms with Crippen LogP contribution in [0.2, 0.25) is 5.02 Å². The van der Waals surface area contributed by atoms with Crippen molar-refractivity contribution >= 4 is 17.5 Å². The number of aromatic nitrogens is 1. The molecule has 0 saturated carbocycles. The number of ether oxygens (including phenoxy) is 1. The van der Waals surface area contributed by atoms with Crippen LogP contribution in [-0.4, -0.2) is 29.2 Å². The smallest absolute Gasteiger partial charge is 0.422 e. The van der Waals surface area contributed by atoms with Crippen LogP contribution in [0.4, 0.5) is 13.2 Å². The molecule has 1 N–H and O–H groups in total. The van der Waals surface area contributed by atoms with E-state index in [9.17, 15) is 18.0 Å². The van der Waals surface area contributed by atoms with Crippen molar-refractivity contribution < 1.29 is 22.7 Å². The van der Waals surface area contributed by atoms with E-state index in [2.05, 4.69) is 15.0 Å². The molecule has 0 aliphatic carbocycles. The predicted octanol–water partition coefficient (Wildman–Crippen LogP) is 4.62. The van der Waals surface area contributed by atoms with E-state index in [4.69, 9.17) is 11.6 Å². The highest BCUT2D eigenvalue weighted by Crippen LogP contribution is 2.28. The molecule has 136 valence electrons. The topological polar surface area (TPSA) is 51.2 Å². The lowest BCUT2D eigenvalue weighted by molar-refractivity contribution is -0.153. The standard InChI is InChI=1S/C16H22ClF3N2O2/c1-14(2,3)8-15(4,5)22-13(23)11-6-12(10(17)7-21-11)24-9-16(18,19)20/h6-7H,8-9H2,1-5H3,(H,22,23). The number of pyridine rings is 1. The molecule has 1 aromatic rings. The normalized spacial score (nSPS) is 12.9. The molecule has 1 aromatic heterocycles. The maximum Gasteiger partial charge on any atom is 0.422 e. The first-order valence-corrected chi connectivity index (χ1v) is 7.74. The van der Waals surface area contributed by atoms with Crippen molar-refractivity contribution in [2.75, 3.05) is 6.61 Å². The molecule has 24 heavy (non-hydrogen) atoms. The summed E-state index contributed by atoms with van der Waals surface area (Å²) in [5.41, 5.74) is -0.576. The molecular weight excluding hydrogens is 345 g/mol. The van der Waals surface area contributed by atoms with Crippen LogP contribution in [0, 0.1) is 5.41 Å². The van der Waals surface area contributed by atoms with Gasteiger partial charge in [-0.1, -0.05) is 32.4 Å². The number of carbonyl (C=O) groups excluding carboxylic acids is 1. The van der Waals surface area contributed by atoms with E-state index in [1.807, 2.05) is 34.6 Å². The molecule has 0 bridgehead atoms. The van der Waals surface area contributed by atoms with Gasteiger partial charge in [0, 0.05) is 11.6 Å². The molecule has 0 unspecified atom stereocenters. The number of nitrogens with zero attached hydrogens (tertiary/aromatic N) is 1. The Morgan fingerprint density at radius 1 is 1.25 bits per heavy atom. The number of halogens is 4. The van der Waals surface area contributed by atoms with Gasteiger partial charge in [0.05, 0.1) is 6.20 Å². The summed E-state index contributed by atoms with van der Waals surface area (Å²) in [5.74, 6) is -0.736. The number of hydrogen-bond donors (Lipinski definition) is 1. The van der Waals surface area contributed by atoms with Crippen LogP contribution < -0.4 is 10.1 Å². The average Bonchev–Trinajstić information content (AvgIpc) is 2.32. The quantitative estimate of drug-likeness (QED) is 0.827. The Kier molecular flexibility index (Phi) is 6.14. The van der Waals surface area contributed by atoms with Crippen LogP contribution >= 0.6 is 11.6 Å². The molecule has 0 radical (unpaired) electrons. The second-order valence-electron chi connectivity index (χ2n) is 7.48. The Morgan fingerprint density at radius 2 is 1.83 bits per heavy atom. The molecule has 0 atom stereocenters. The van der Waals surface area contributed by atoms with E-state index in [1.165, 1.54) is 0 Å². The van der Waals surface area contributed by atoms with Crippen molar-refractivity contribution in [2.24, 2.45) is 5.41 Å². The molecule has 1 heterocycles. The van der Waals surface area contributed by atoms with Crippen molar-refractivity contribution in [3.8, 4) is 5.75 Å². The maximum absolute atomic E-state index is 12.3. The Balaban J connectivity index is 2.88. The van der Waals surface area contributed by atoms with Gasteiger partial charge >= 0.3 is 6.18 Å². The zero-order valence-electron chi connectivity index (χ0n) is 14.3. The summed E-state index contributed by atoms with van der Waals surface area (Å²) in [4.78, 5) is 16.2. The average molecular weight is 367 g/mol. The number of nitrogens with one attached hydrogen (secondary N) is 1. The Morgan fingerprint density at radius 3 is 2.33 bits per heavy atom. The van der Waals surface area contributed by atoms with Gasteiger partial charge in [0.2, 0.25) is 0 Å². The Labute approximate surface area is 144 Å². The Hall–Kier alpha value is -1.50. The molecule has 0 saturated heterocycles. The van der Waals surface area contributed by atoms with Crippen molar-refractivity contribution in [1.82, 2.24) is 10.3 Å². The van der Waals surface area contributed by atoms with Crippen molar-refractivity contribution in [1.29, 1.82) is 0 Å². The van der Waals surface area contributed by atoms with Gasteiger partial charge < -0.3 is 10.1 Å². The highest BCUT2D eigenvalue weighted by Gasteiger charge is 2.30. The van der Waals surface area contributed by atoms with Crippen LogP contribution in [0.5, 0.6) is 5.75 Å². The highest BCUT2D eigenvalue weighted by atomic mass is 35.5. The molecule has 1 rings (SSSR count). The third kappa shape index (κ3) is 7.38. The monoisotopic (exact) mass is 366 g/mol. The molecule has 8 heteroatoms. The lowest BCUT2D eigenvalue weighted by Crippen LogP contribution is -2.46. The summed E-state index contributed by atoms with van der Waals surface area (Å²) >= 11 is 5.76. The number of hydrogen-bond acceptors (Lipinski definition) is 3. The van der Waals surface area contributed by atoms with Crippen LogP contribution in [0.3, 0.4) is 0 Å². The minimum atomic E-state index is -4.50. The zero-order chi connectivity index (χ0) is 18.8. The molecule has 4 nitrogen and oxygen atoms in total. The van der Waals surface area contributed by atoms with E-state index in [0.29, 0.717) is 6.42 Å². The predicted molar refractivity (Wildman–Crippen MR) is 86.4 cm³/mol. The maximum atomic E-state index is 12.3. The summed E-state index contributed by atoms with van der Waals surface area (Å²) < 4.78 is 41.4. The van der Waals surface area contributed by atoms with Crippen molar-refractivity contribution in [2.45, 2.75) is 52.8 Å². The van der Waals surface area contributed by atoms with Crippen LogP contribution in [0.1, 0.15) is 51.5 Å². The van der Waals surface area contributed by atoms with E-state index in [1.54, 1.807) is 0 Å². The van der Waals surface area contributed by atoms with Gasteiger partial charge in [-0.25, -0.2) is 4.98 Å². The first-order valence-electron chi connectivity index (χ1n) is 7.36. The summed E-state index contributed by atoms with van der Waals surface area (Å²) in [7, 11) is 0. The molecule has 0 aliphatic heterocycles. The molecule has 0 aliphatic rings. The summed E-state index contributed by atoms with van der Waals surface area (Å²) in [6.45, 7) is 8.38. The second kappa shape index (κ2) is 7.17. The molecule has 1 amide bonds. The molecular formula is C16H22ClF3N2O2. The van der Waals surface area contributed by atoms with E-state index < -0.39 is 24.2 Å². The number of alkyl halides is 3. The third-order valence-corrected chi connectivity index (χ3v) is 3.15.